The minimum absolute atomic E-state index is 1.11. The number of hydrogen-bond acceptors (Lipinski definition) is 0. The summed E-state index contributed by atoms with van der Waals surface area (Å²) in [5.74, 6) is 0. The summed E-state index contributed by atoms with van der Waals surface area (Å²) in [4.78, 5) is 0. The number of rotatable bonds is 3. The van der Waals surface area contributed by atoms with E-state index in [4.69, 9.17) is 0 Å². The predicted molar refractivity (Wildman–Crippen MR) is 77.1 cm³/mol. The summed E-state index contributed by atoms with van der Waals surface area (Å²) in [7, 11) is 0. The van der Waals surface area contributed by atoms with Crippen molar-refractivity contribution in [3.8, 4) is 0 Å². The maximum Gasteiger partial charge on any atom is -0.00200 e. The lowest BCUT2D eigenvalue weighted by molar-refractivity contribution is 0.792. The van der Waals surface area contributed by atoms with Crippen LogP contribution in [0, 0.1) is 0 Å². The molecule has 0 radical (unpaired) electrons. The minimum atomic E-state index is 1.11. The molecule has 92 valence electrons. The Labute approximate surface area is 110 Å². The Morgan fingerprint density at radius 2 is 1.50 bits per heavy atom. The third-order valence-electron chi connectivity index (χ3n) is 3.97. The molecule has 18 heavy (non-hydrogen) atoms. The molecule has 0 fully saturated rings. The summed E-state index contributed by atoms with van der Waals surface area (Å²) < 4.78 is 0. The molecule has 0 heterocycles. The van der Waals surface area contributed by atoms with Crippen LogP contribution in [-0.2, 0) is 19.3 Å². The number of hydrogen-bond donors (Lipinski definition) is 0. The van der Waals surface area contributed by atoms with Gasteiger partial charge >= 0.3 is 0 Å². The van der Waals surface area contributed by atoms with Gasteiger partial charge < -0.3 is 0 Å². The first-order chi connectivity index (χ1) is 8.86. The molecule has 2 aromatic carbocycles. The second-order valence-corrected chi connectivity index (χ2v) is 5.33. The largest absolute Gasteiger partial charge is 0.0654 e. The van der Waals surface area contributed by atoms with Gasteiger partial charge in [0.15, 0.2) is 0 Å². The molecule has 0 bridgehead atoms. The molecule has 0 aliphatic heterocycles. The Morgan fingerprint density at radius 3 is 2.22 bits per heavy atom. The number of unbranched alkanes of at least 4 members (excludes halogenated alkanes) is 1. The molecular weight excluding hydrogens is 216 g/mol. The summed E-state index contributed by atoms with van der Waals surface area (Å²) in [6.07, 6.45) is 6.03. The van der Waals surface area contributed by atoms with Crippen molar-refractivity contribution in [1.82, 2.24) is 0 Å². The van der Waals surface area contributed by atoms with Gasteiger partial charge in [0, 0.05) is 0 Å². The van der Waals surface area contributed by atoms with Crippen LogP contribution in [-0.4, -0.2) is 0 Å². The van der Waals surface area contributed by atoms with E-state index in [0.717, 1.165) is 12.8 Å². The molecule has 2 aromatic rings. The molecule has 0 atom stereocenters. The van der Waals surface area contributed by atoms with E-state index in [0.29, 0.717) is 0 Å². The maximum absolute atomic E-state index is 2.43. The van der Waals surface area contributed by atoms with Crippen molar-refractivity contribution < 1.29 is 0 Å². The van der Waals surface area contributed by atoms with Crippen LogP contribution in [0.25, 0.3) is 0 Å². The highest BCUT2D eigenvalue weighted by Crippen LogP contribution is 2.27. The highest BCUT2D eigenvalue weighted by Gasteiger charge is 2.14. The Bertz CT molecular complexity index is 552. The average molecular weight is 236 g/mol. The molecule has 1 aliphatic carbocycles. The van der Waals surface area contributed by atoms with Gasteiger partial charge in [-0.05, 0) is 53.5 Å². The van der Waals surface area contributed by atoms with Crippen molar-refractivity contribution in [3.63, 3.8) is 0 Å². The molecule has 0 nitrogen and oxygen atoms in total. The topological polar surface area (TPSA) is 0 Å². The van der Waals surface area contributed by atoms with Crippen molar-refractivity contribution in [1.29, 1.82) is 0 Å². The van der Waals surface area contributed by atoms with Gasteiger partial charge in [-0.3, -0.25) is 0 Å². The van der Waals surface area contributed by atoms with Crippen LogP contribution in [0.15, 0.2) is 42.5 Å². The molecule has 3 rings (SSSR count). The van der Waals surface area contributed by atoms with Crippen LogP contribution >= 0.6 is 0 Å². The van der Waals surface area contributed by atoms with Gasteiger partial charge in [0.05, 0.1) is 0 Å². The summed E-state index contributed by atoms with van der Waals surface area (Å²) >= 11 is 0. The lowest BCUT2D eigenvalue weighted by Gasteiger charge is -2.20. The van der Waals surface area contributed by atoms with Crippen LogP contribution in [0.3, 0.4) is 0 Å². The number of aryl methyl sites for hydroxylation is 1. The second-order valence-electron chi connectivity index (χ2n) is 5.33. The zero-order valence-electron chi connectivity index (χ0n) is 11.1. The van der Waals surface area contributed by atoms with Crippen LogP contribution in [0.1, 0.15) is 47.6 Å². The molecule has 0 spiro atoms. The fourth-order valence-corrected chi connectivity index (χ4v) is 2.87. The van der Waals surface area contributed by atoms with Crippen molar-refractivity contribution in [2.75, 3.05) is 0 Å². The predicted octanol–water partition coefficient (Wildman–Crippen LogP) is 4.52. The monoisotopic (exact) mass is 236 g/mol. The third kappa shape index (κ3) is 2.20. The van der Waals surface area contributed by atoms with Gasteiger partial charge in [-0.1, -0.05) is 55.8 Å². The molecule has 0 unspecified atom stereocenters. The first-order valence-corrected chi connectivity index (χ1v) is 7.04. The fourth-order valence-electron chi connectivity index (χ4n) is 2.87. The second kappa shape index (κ2) is 4.97. The van der Waals surface area contributed by atoms with Crippen LogP contribution in [0.5, 0.6) is 0 Å². The van der Waals surface area contributed by atoms with Gasteiger partial charge in [-0.15, -0.1) is 0 Å². The van der Waals surface area contributed by atoms with E-state index in [1.807, 2.05) is 0 Å². The van der Waals surface area contributed by atoms with Crippen LogP contribution in [0.4, 0.5) is 0 Å². The standard InChI is InChI=1S/C18H20/c1-2-3-6-14-9-10-17-12-15-7-4-5-8-16(15)13-18(17)11-14/h4-5,7-11H,2-3,6,12-13H2,1H3. The summed E-state index contributed by atoms with van der Waals surface area (Å²) in [6.45, 7) is 2.26. The van der Waals surface area contributed by atoms with E-state index < -0.39 is 0 Å². The third-order valence-corrected chi connectivity index (χ3v) is 3.97. The Kier molecular flexibility index (Phi) is 3.19. The smallest absolute Gasteiger partial charge is 0.00200 e. The molecule has 0 aromatic heterocycles. The van der Waals surface area contributed by atoms with Crippen molar-refractivity contribution >= 4 is 0 Å². The lowest BCUT2D eigenvalue weighted by Crippen LogP contribution is -2.07. The van der Waals surface area contributed by atoms with Crippen LogP contribution < -0.4 is 0 Å². The first kappa shape index (κ1) is 11.5. The quantitative estimate of drug-likeness (QED) is 0.627. The van der Waals surface area contributed by atoms with E-state index in [1.165, 1.54) is 41.5 Å². The van der Waals surface area contributed by atoms with Crippen LogP contribution in [0.2, 0.25) is 0 Å². The fraction of sp³-hybridized carbons (Fsp3) is 0.333. The summed E-state index contributed by atoms with van der Waals surface area (Å²) in [5.41, 5.74) is 7.59. The maximum atomic E-state index is 2.43. The van der Waals surface area contributed by atoms with E-state index in [1.54, 1.807) is 5.56 Å². The molecular formula is C18H20. The summed E-state index contributed by atoms with van der Waals surface area (Å²) in [6, 6.07) is 15.9. The highest BCUT2D eigenvalue weighted by atomic mass is 14.2. The van der Waals surface area contributed by atoms with Crippen molar-refractivity contribution in [2.45, 2.75) is 39.0 Å². The number of benzene rings is 2. The van der Waals surface area contributed by atoms with Crippen molar-refractivity contribution in [2.24, 2.45) is 0 Å². The molecule has 0 saturated heterocycles. The van der Waals surface area contributed by atoms with Gasteiger partial charge in [-0.2, -0.15) is 0 Å². The molecule has 1 aliphatic rings. The van der Waals surface area contributed by atoms with Crippen molar-refractivity contribution in [3.05, 3.63) is 70.3 Å². The van der Waals surface area contributed by atoms with E-state index in [2.05, 4.69) is 49.4 Å². The first-order valence-electron chi connectivity index (χ1n) is 7.04. The molecule has 0 N–H and O–H groups in total. The van der Waals surface area contributed by atoms with E-state index >= 15 is 0 Å². The van der Waals surface area contributed by atoms with Gasteiger partial charge in [0.2, 0.25) is 0 Å². The molecule has 0 saturated carbocycles. The normalized spacial score (nSPS) is 12.9. The minimum Gasteiger partial charge on any atom is -0.0654 e. The zero-order valence-corrected chi connectivity index (χ0v) is 11.1. The average Bonchev–Trinajstić information content (AvgIpc) is 2.42. The van der Waals surface area contributed by atoms with Gasteiger partial charge in [-0.25, -0.2) is 0 Å². The highest BCUT2D eigenvalue weighted by molar-refractivity contribution is 5.46. The number of fused-ring (bicyclic) bond motifs is 2. The molecule has 0 heteroatoms. The Morgan fingerprint density at radius 1 is 0.833 bits per heavy atom. The van der Waals surface area contributed by atoms with E-state index in [9.17, 15) is 0 Å². The Hall–Kier alpha value is -1.56. The van der Waals surface area contributed by atoms with Gasteiger partial charge in [0.25, 0.3) is 0 Å². The Balaban J connectivity index is 1.89. The lowest BCUT2D eigenvalue weighted by atomic mass is 9.85. The van der Waals surface area contributed by atoms with Gasteiger partial charge in [0.1, 0.15) is 0 Å². The molecule has 0 amide bonds. The summed E-state index contributed by atoms with van der Waals surface area (Å²) in [5, 5.41) is 0. The zero-order chi connectivity index (χ0) is 12.4. The SMILES string of the molecule is CCCCc1ccc2c(c1)Cc1ccccc1C2. The van der Waals surface area contributed by atoms with E-state index in [-0.39, 0.29) is 0 Å².